The fraction of sp³-hybridized carbons (Fsp3) is 0.278. The molecule has 2 aromatic rings. The van der Waals surface area contributed by atoms with E-state index in [0.717, 1.165) is 35.1 Å². The van der Waals surface area contributed by atoms with Gasteiger partial charge in [-0.25, -0.2) is 9.48 Å². The van der Waals surface area contributed by atoms with Gasteiger partial charge in [-0.2, -0.15) is 0 Å². The van der Waals surface area contributed by atoms with E-state index in [0.29, 0.717) is 11.6 Å². The van der Waals surface area contributed by atoms with Crippen LogP contribution in [0.4, 0.5) is 5.69 Å². The molecule has 2 aliphatic heterocycles. The summed E-state index contributed by atoms with van der Waals surface area (Å²) in [6, 6.07) is 17.8. The molecule has 0 spiro atoms. The van der Waals surface area contributed by atoms with Crippen LogP contribution in [0.2, 0.25) is 5.02 Å². The van der Waals surface area contributed by atoms with E-state index in [-0.39, 0.29) is 0 Å². The van der Waals surface area contributed by atoms with Crippen molar-refractivity contribution in [3.8, 4) is 0 Å². The van der Waals surface area contributed by atoms with Crippen LogP contribution < -0.4 is 4.90 Å². The van der Waals surface area contributed by atoms with Gasteiger partial charge in [-0.05, 0) is 42.4 Å². The summed E-state index contributed by atoms with van der Waals surface area (Å²) in [6.45, 7) is 1.39. The third-order valence-electron chi connectivity index (χ3n) is 4.42. The van der Waals surface area contributed by atoms with Gasteiger partial charge in [-0.3, -0.25) is 0 Å². The van der Waals surface area contributed by atoms with E-state index in [4.69, 9.17) is 11.6 Å². The van der Waals surface area contributed by atoms with Gasteiger partial charge >= 0.3 is 5.17 Å². The molecule has 2 aliphatic rings. The van der Waals surface area contributed by atoms with Crippen LogP contribution >= 0.6 is 23.4 Å². The summed E-state index contributed by atoms with van der Waals surface area (Å²) in [5, 5.41) is 13.3. The quantitative estimate of drug-likeness (QED) is 0.844. The lowest BCUT2D eigenvalue weighted by molar-refractivity contribution is -0.656. The second-order valence-electron chi connectivity index (χ2n) is 5.88. The van der Waals surface area contributed by atoms with Gasteiger partial charge < -0.3 is 5.11 Å². The minimum Gasteiger partial charge on any atom is -0.346 e. The van der Waals surface area contributed by atoms with Crippen molar-refractivity contribution < 1.29 is 9.68 Å². The van der Waals surface area contributed by atoms with Crippen LogP contribution in [0.15, 0.2) is 54.6 Å². The number of hydrogen-bond acceptors (Lipinski definition) is 3. The standard InChI is InChI=1S/C18H18ClN2OS/c19-15-9-7-14(8-10-15)18(22)13-20(16-5-2-1-3-6-16)17-21(18)11-4-12-23-17/h1-3,5-10,22H,4,11-13H2/q+1. The molecule has 0 amide bonds. The SMILES string of the molecule is OC1(c2ccc(Cl)cc2)CN(c2ccccc2)C2=[N+]1CCCS2. The first-order valence-corrected chi connectivity index (χ1v) is 9.13. The molecular formula is C18H18ClN2OS+. The number of β-amino-alcohol motifs (C(OH)–C–C–N with tert-alkyl or cyclic N) is 1. The Hall–Kier alpha value is -1.49. The summed E-state index contributed by atoms with van der Waals surface area (Å²) in [7, 11) is 0. The normalized spacial score (nSPS) is 24.0. The number of aliphatic hydroxyl groups is 1. The van der Waals surface area contributed by atoms with Crippen molar-refractivity contribution in [1.82, 2.24) is 0 Å². The number of amidine groups is 1. The zero-order valence-corrected chi connectivity index (χ0v) is 14.2. The van der Waals surface area contributed by atoms with Gasteiger partial charge in [0.15, 0.2) is 6.54 Å². The van der Waals surface area contributed by atoms with Crippen LogP contribution in [0.1, 0.15) is 12.0 Å². The van der Waals surface area contributed by atoms with E-state index in [1.165, 1.54) is 0 Å². The van der Waals surface area contributed by atoms with Gasteiger partial charge in [0, 0.05) is 16.3 Å². The van der Waals surface area contributed by atoms with E-state index >= 15 is 0 Å². The molecule has 1 atom stereocenters. The summed E-state index contributed by atoms with van der Waals surface area (Å²) in [6.07, 6.45) is 1.08. The Kier molecular flexibility index (Phi) is 3.84. The molecule has 2 heterocycles. The van der Waals surface area contributed by atoms with Gasteiger partial charge in [0.05, 0.1) is 6.54 Å². The molecular weight excluding hydrogens is 328 g/mol. The Morgan fingerprint density at radius 2 is 1.83 bits per heavy atom. The number of benzene rings is 2. The lowest BCUT2D eigenvalue weighted by atomic mass is 10.0. The van der Waals surface area contributed by atoms with Gasteiger partial charge in [-0.1, -0.05) is 41.9 Å². The van der Waals surface area contributed by atoms with Gasteiger partial charge in [0.1, 0.15) is 5.69 Å². The Balaban J connectivity index is 1.80. The topological polar surface area (TPSA) is 26.5 Å². The maximum Gasteiger partial charge on any atom is 0.316 e. The van der Waals surface area contributed by atoms with Crippen molar-refractivity contribution in [2.75, 3.05) is 23.7 Å². The highest BCUT2D eigenvalue weighted by molar-refractivity contribution is 8.13. The van der Waals surface area contributed by atoms with Crippen molar-refractivity contribution in [2.24, 2.45) is 0 Å². The Morgan fingerprint density at radius 1 is 1.09 bits per heavy atom. The molecule has 0 bridgehead atoms. The first-order chi connectivity index (χ1) is 11.2. The van der Waals surface area contributed by atoms with E-state index in [1.807, 2.05) is 54.2 Å². The second kappa shape index (κ2) is 5.86. The average Bonchev–Trinajstić information content (AvgIpc) is 2.91. The smallest absolute Gasteiger partial charge is 0.316 e. The van der Waals surface area contributed by atoms with Gasteiger partial charge in [-0.15, -0.1) is 0 Å². The largest absolute Gasteiger partial charge is 0.346 e. The van der Waals surface area contributed by atoms with Crippen LogP contribution in [0.5, 0.6) is 0 Å². The third kappa shape index (κ3) is 2.55. The molecule has 118 valence electrons. The van der Waals surface area contributed by atoms with E-state index < -0.39 is 5.72 Å². The van der Waals surface area contributed by atoms with E-state index in [2.05, 4.69) is 21.6 Å². The number of rotatable bonds is 2. The van der Waals surface area contributed by atoms with Crippen LogP contribution in [0.3, 0.4) is 0 Å². The molecule has 0 radical (unpaired) electrons. The first-order valence-electron chi connectivity index (χ1n) is 7.77. The molecule has 23 heavy (non-hydrogen) atoms. The van der Waals surface area contributed by atoms with Crippen molar-refractivity contribution in [3.05, 3.63) is 65.2 Å². The molecule has 5 heteroatoms. The molecule has 0 saturated carbocycles. The van der Waals surface area contributed by atoms with Crippen molar-refractivity contribution >= 4 is 34.2 Å². The summed E-state index contributed by atoms with van der Waals surface area (Å²) in [5.74, 6) is 1.09. The monoisotopic (exact) mass is 345 g/mol. The molecule has 0 aromatic heterocycles. The molecule has 3 nitrogen and oxygen atoms in total. The maximum atomic E-state index is 11.5. The minimum absolute atomic E-state index is 0.529. The fourth-order valence-electron chi connectivity index (χ4n) is 3.27. The Labute approximate surface area is 145 Å². The van der Waals surface area contributed by atoms with Crippen molar-refractivity contribution in [2.45, 2.75) is 12.1 Å². The molecule has 1 unspecified atom stereocenters. The van der Waals surface area contributed by atoms with Gasteiger partial charge in [0.25, 0.3) is 5.72 Å². The molecule has 1 N–H and O–H groups in total. The highest BCUT2D eigenvalue weighted by atomic mass is 35.5. The predicted molar refractivity (Wildman–Crippen MR) is 96.3 cm³/mol. The Morgan fingerprint density at radius 3 is 2.57 bits per heavy atom. The number of halogens is 1. The van der Waals surface area contributed by atoms with Crippen LogP contribution in [0, 0.1) is 0 Å². The van der Waals surface area contributed by atoms with Crippen molar-refractivity contribution in [1.29, 1.82) is 0 Å². The average molecular weight is 346 g/mol. The zero-order chi connectivity index (χ0) is 15.9. The highest BCUT2D eigenvalue weighted by Gasteiger charge is 2.53. The third-order valence-corrected chi connectivity index (χ3v) is 5.86. The molecule has 2 aromatic carbocycles. The van der Waals surface area contributed by atoms with Crippen molar-refractivity contribution in [3.63, 3.8) is 0 Å². The predicted octanol–water partition coefficient (Wildman–Crippen LogP) is 3.51. The number of nitrogens with zero attached hydrogens (tertiary/aromatic N) is 2. The van der Waals surface area contributed by atoms with Gasteiger partial charge in [0.2, 0.25) is 0 Å². The van der Waals surface area contributed by atoms with Crippen LogP contribution in [-0.2, 0) is 5.72 Å². The summed E-state index contributed by atoms with van der Waals surface area (Å²) >= 11 is 7.83. The summed E-state index contributed by atoms with van der Waals surface area (Å²) in [5.41, 5.74) is 0.996. The molecule has 0 saturated heterocycles. The highest BCUT2D eigenvalue weighted by Crippen LogP contribution is 2.37. The van der Waals surface area contributed by atoms with Crippen LogP contribution in [0.25, 0.3) is 0 Å². The number of hydrogen-bond donors (Lipinski definition) is 1. The zero-order valence-electron chi connectivity index (χ0n) is 12.7. The van der Waals surface area contributed by atoms with Crippen LogP contribution in [-0.4, -0.2) is 33.7 Å². The number of thioether (sulfide) groups is 1. The van der Waals surface area contributed by atoms with E-state index in [1.54, 1.807) is 0 Å². The summed E-state index contributed by atoms with van der Waals surface area (Å²) in [4.78, 5) is 2.22. The molecule has 4 rings (SSSR count). The second-order valence-corrected chi connectivity index (χ2v) is 7.38. The van der Waals surface area contributed by atoms with E-state index in [9.17, 15) is 5.11 Å². The first kappa shape index (κ1) is 15.1. The number of anilines is 1. The lowest BCUT2D eigenvalue weighted by Crippen LogP contribution is -2.41. The minimum atomic E-state index is -1.01. The summed E-state index contributed by atoms with van der Waals surface area (Å²) < 4.78 is 2.14. The lowest BCUT2D eigenvalue weighted by Gasteiger charge is -2.24. The number of para-hydroxylation sites is 1. The molecule has 0 aliphatic carbocycles. The maximum absolute atomic E-state index is 11.5. The molecule has 0 fully saturated rings. The fourth-order valence-corrected chi connectivity index (χ4v) is 4.58. The Bertz CT molecular complexity index is 747.